The Balaban J connectivity index is 1.65. The predicted molar refractivity (Wildman–Crippen MR) is 89.3 cm³/mol. The van der Waals surface area contributed by atoms with Gasteiger partial charge in [-0.25, -0.2) is 8.42 Å². The van der Waals surface area contributed by atoms with Crippen LogP contribution in [0.15, 0.2) is 53.4 Å². The van der Waals surface area contributed by atoms with Crippen LogP contribution in [0.1, 0.15) is 23.5 Å². The van der Waals surface area contributed by atoms with Crippen molar-refractivity contribution in [2.24, 2.45) is 0 Å². The maximum Gasteiger partial charge on any atom is 0.264 e. The van der Waals surface area contributed by atoms with E-state index in [1.165, 1.54) is 4.31 Å². The van der Waals surface area contributed by atoms with Gasteiger partial charge in [0.1, 0.15) is 0 Å². The van der Waals surface area contributed by atoms with Crippen molar-refractivity contribution in [1.29, 1.82) is 0 Å². The number of hydrogen-bond acceptors (Lipinski definition) is 4. The highest BCUT2D eigenvalue weighted by Crippen LogP contribution is 2.45. The second-order valence-corrected chi connectivity index (χ2v) is 8.09. The Bertz CT molecular complexity index is 911. The average Bonchev–Trinajstić information content (AvgIpc) is 3.28. The molecule has 1 fully saturated rings. The highest BCUT2D eigenvalue weighted by Gasteiger charge is 2.49. The lowest BCUT2D eigenvalue weighted by molar-refractivity contribution is -0.496. The van der Waals surface area contributed by atoms with Crippen LogP contribution in [0.5, 0.6) is 0 Å². The number of anilines is 1. The molecule has 24 heavy (non-hydrogen) atoms. The number of fused-ring (bicyclic) bond motifs is 1. The first-order valence-electron chi connectivity index (χ1n) is 7.82. The summed E-state index contributed by atoms with van der Waals surface area (Å²) < 4.78 is 27.0. The number of sulfonamides is 1. The summed E-state index contributed by atoms with van der Waals surface area (Å²) >= 11 is 0. The number of benzene rings is 2. The van der Waals surface area contributed by atoms with Crippen LogP contribution in [0, 0.1) is 10.1 Å². The van der Waals surface area contributed by atoms with E-state index in [9.17, 15) is 18.5 Å². The summed E-state index contributed by atoms with van der Waals surface area (Å²) in [6.07, 6.45) is 1.20. The lowest BCUT2D eigenvalue weighted by Gasteiger charge is -2.19. The molecule has 0 amide bonds. The Kier molecular flexibility index (Phi) is 3.35. The minimum atomic E-state index is -3.57. The smallest absolute Gasteiger partial charge is 0.264 e. The second-order valence-electron chi connectivity index (χ2n) is 6.22. The molecule has 7 heteroatoms. The predicted octanol–water partition coefficient (Wildman–Crippen LogP) is 2.57. The van der Waals surface area contributed by atoms with Gasteiger partial charge >= 0.3 is 0 Å². The molecule has 2 aromatic rings. The molecule has 2 unspecified atom stereocenters. The third-order valence-corrected chi connectivity index (χ3v) is 6.57. The van der Waals surface area contributed by atoms with E-state index in [2.05, 4.69) is 0 Å². The molecular formula is C17H16N2O4S. The molecule has 6 nitrogen and oxygen atoms in total. The molecule has 0 aromatic heterocycles. The van der Waals surface area contributed by atoms with Gasteiger partial charge in [-0.15, -0.1) is 0 Å². The van der Waals surface area contributed by atoms with Gasteiger partial charge in [-0.2, -0.15) is 0 Å². The van der Waals surface area contributed by atoms with E-state index in [4.69, 9.17) is 0 Å². The summed E-state index contributed by atoms with van der Waals surface area (Å²) in [4.78, 5) is 10.9. The molecule has 0 spiro atoms. The van der Waals surface area contributed by atoms with Crippen molar-refractivity contribution in [3.63, 3.8) is 0 Å². The molecule has 4 rings (SSSR count). The molecule has 1 aliphatic heterocycles. The topological polar surface area (TPSA) is 80.5 Å². The van der Waals surface area contributed by atoms with Gasteiger partial charge in [0.25, 0.3) is 10.0 Å². The minimum absolute atomic E-state index is 0.0370. The Hall–Kier alpha value is -2.41. The first-order chi connectivity index (χ1) is 11.5. The van der Waals surface area contributed by atoms with Crippen molar-refractivity contribution < 1.29 is 13.3 Å². The van der Waals surface area contributed by atoms with Gasteiger partial charge in [0.05, 0.1) is 16.5 Å². The SMILES string of the molecule is O=[N+]([O-])C1CC1c1ccc2c(c1)CCN2S(=O)(=O)c1ccccc1. The molecule has 1 aliphatic carbocycles. The molecule has 2 aromatic carbocycles. The zero-order valence-electron chi connectivity index (χ0n) is 12.8. The molecule has 0 N–H and O–H groups in total. The van der Waals surface area contributed by atoms with Gasteiger partial charge in [-0.3, -0.25) is 14.4 Å². The van der Waals surface area contributed by atoms with Crippen LogP contribution in [-0.4, -0.2) is 25.9 Å². The van der Waals surface area contributed by atoms with E-state index in [0.717, 1.165) is 11.1 Å². The highest BCUT2D eigenvalue weighted by atomic mass is 32.2. The van der Waals surface area contributed by atoms with Crippen molar-refractivity contribution in [2.75, 3.05) is 10.8 Å². The standard InChI is InChI=1S/C17H16N2O4S/c20-19(21)17-11-15(17)12-6-7-16-13(10-12)8-9-18(16)24(22,23)14-4-2-1-3-5-14/h1-7,10,15,17H,8-9,11H2. The Morgan fingerprint density at radius 2 is 1.88 bits per heavy atom. The van der Waals surface area contributed by atoms with Gasteiger partial charge in [-0.05, 0) is 35.7 Å². The zero-order chi connectivity index (χ0) is 16.9. The van der Waals surface area contributed by atoms with Crippen molar-refractivity contribution >= 4 is 15.7 Å². The molecule has 2 aliphatic rings. The summed E-state index contributed by atoms with van der Waals surface area (Å²) in [6, 6.07) is 13.4. The normalized spacial score (nSPS) is 22.2. The number of nitro groups is 1. The van der Waals surface area contributed by atoms with Gasteiger partial charge in [-0.1, -0.05) is 30.3 Å². The highest BCUT2D eigenvalue weighted by molar-refractivity contribution is 7.92. The van der Waals surface area contributed by atoms with Gasteiger partial charge in [0.2, 0.25) is 6.04 Å². The van der Waals surface area contributed by atoms with Gasteiger partial charge in [0.15, 0.2) is 0 Å². The lowest BCUT2D eigenvalue weighted by atomic mass is 10.0. The lowest BCUT2D eigenvalue weighted by Crippen LogP contribution is -2.29. The van der Waals surface area contributed by atoms with E-state index < -0.39 is 16.1 Å². The van der Waals surface area contributed by atoms with Crippen LogP contribution >= 0.6 is 0 Å². The summed E-state index contributed by atoms with van der Waals surface area (Å²) in [6.45, 7) is 0.402. The minimum Gasteiger partial charge on any atom is -0.266 e. The van der Waals surface area contributed by atoms with E-state index in [0.29, 0.717) is 25.1 Å². The molecule has 0 radical (unpaired) electrons. The summed E-state index contributed by atoms with van der Waals surface area (Å²) in [5, 5.41) is 10.8. The van der Waals surface area contributed by atoms with Crippen molar-refractivity contribution in [1.82, 2.24) is 0 Å². The Morgan fingerprint density at radius 3 is 2.54 bits per heavy atom. The third kappa shape index (κ3) is 2.36. The number of rotatable bonds is 4. The van der Waals surface area contributed by atoms with Crippen molar-refractivity contribution in [2.45, 2.75) is 29.7 Å². The summed E-state index contributed by atoms with van der Waals surface area (Å²) in [5.41, 5.74) is 2.57. The Morgan fingerprint density at radius 1 is 1.12 bits per heavy atom. The third-order valence-electron chi connectivity index (χ3n) is 4.74. The van der Waals surface area contributed by atoms with Gasteiger partial charge < -0.3 is 0 Å². The first kappa shape index (κ1) is 15.1. The van der Waals surface area contributed by atoms with Crippen molar-refractivity contribution in [3.05, 3.63) is 69.8 Å². The first-order valence-corrected chi connectivity index (χ1v) is 9.26. The number of nitrogens with zero attached hydrogens (tertiary/aromatic N) is 2. The van der Waals surface area contributed by atoms with E-state index in [-0.39, 0.29) is 15.7 Å². The average molecular weight is 344 g/mol. The van der Waals surface area contributed by atoms with Gasteiger partial charge in [0, 0.05) is 17.9 Å². The second kappa shape index (κ2) is 5.31. The summed E-state index contributed by atoms with van der Waals surface area (Å²) in [5.74, 6) is -0.0370. The zero-order valence-corrected chi connectivity index (χ0v) is 13.6. The van der Waals surface area contributed by atoms with Crippen LogP contribution in [0.2, 0.25) is 0 Å². The fourth-order valence-corrected chi connectivity index (χ4v) is 4.89. The largest absolute Gasteiger partial charge is 0.266 e. The van der Waals surface area contributed by atoms with E-state index >= 15 is 0 Å². The van der Waals surface area contributed by atoms with Crippen LogP contribution in [-0.2, 0) is 16.4 Å². The fourth-order valence-electron chi connectivity index (χ4n) is 3.36. The van der Waals surface area contributed by atoms with Crippen LogP contribution < -0.4 is 4.31 Å². The molecule has 1 heterocycles. The molecule has 124 valence electrons. The quantitative estimate of drug-likeness (QED) is 0.631. The van der Waals surface area contributed by atoms with Crippen LogP contribution in [0.4, 0.5) is 5.69 Å². The Labute approximate surface area is 139 Å². The molecule has 0 bridgehead atoms. The van der Waals surface area contributed by atoms with Crippen molar-refractivity contribution in [3.8, 4) is 0 Å². The monoisotopic (exact) mass is 344 g/mol. The van der Waals surface area contributed by atoms with Crippen LogP contribution in [0.3, 0.4) is 0 Å². The molecule has 2 atom stereocenters. The maximum atomic E-state index is 12.8. The molecule has 1 saturated carbocycles. The van der Waals surface area contributed by atoms with E-state index in [1.54, 1.807) is 36.4 Å². The summed E-state index contributed by atoms with van der Waals surface area (Å²) in [7, 11) is -3.57. The molecular weight excluding hydrogens is 328 g/mol. The maximum absolute atomic E-state index is 12.8. The fraction of sp³-hybridized carbons (Fsp3) is 0.294. The number of hydrogen-bond donors (Lipinski definition) is 0. The molecule has 0 saturated heterocycles. The van der Waals surface area contributed by atoms with E-state index in [1.807, 2.05) is 12.1 Å². The van der Waals surface area contributed by atoms with Crippen LogP contribution in [0.25, 0.3) is 0 Å².